The van der Waals surface area contributed by atoms with Crippen LogP contribution in [0.25, 0.3) is 11.3 Å². The van der Waals surface area contributed by atoms with Crippen LogP contribution in [-0.4, -0.2) is 36.5 Å². The molecule has 27 heavy (non-hydrogen) atoms. The minimum Gasteiger partial charge on any atom is -0.497 e. The quantitative estimate of drug-likeness (QED) is 0.502. The van der Waals surface area contributed by atoms with Crippen LogP contribution in [0.3, 0.4) is 0 Å². The first-order chi connectivity index (χ1) is 13.1. The lowest BCUT2D eigenvalue weighted by Crippen LogP contribution is -2.17. The molecule has 3 aromatic rings. The molecular formula is C19H17ClN4O3. The molecule has 1 aromatic heterocycles. The standard InChI is InChI=1S/C19H17ClN4O3/c1-26-14-7-8-18(27-2)15(9-14)16-10-17(23-22-16)19(25)24-21-11-12-3-5-13(20)6-4-12/h3-11H,1-2H3,(H,22,23)(H,24,25)/b21-11-. The van der Waals surface area contributed by atoms with E-state index in [-0.39, 0.29) is 5.69 Å². The normalized spacial score (nSPS) is 10.8. The van der Waals surface area contributed by atoms with Gasteiger partial charge >= 0.3 is 0 Å². The van der Waals surface area contributed by atoms with E-state index in [1.807, 2.05) is 0 Å². The van der Waals surface area contributed by atoms with Gasteiger partial charge < -0.3 is 9.47 Å². The van der Waals surface area contributed by atoms with Crippen molar-refractivity contribution in [2.45, 2.75) is 0 Å². The number of ether oxygens (including phenoxy) is 2. The van der Waals surface area contributed by atoms with Crippen LogP contribution < -0.4 is 14.9 Å². The highest BCUT2D eigenvalue weighted by molar-refractivity contribution is 6.30. The SMILES string of the molecule is COc1ccc(OC)c(-c2cc(C(=O)N/N=C\c3ccc(Cl)cc3)[nH]n2)c1. The number of nitrogens with zero attached hydrogens (tertiary/aromatic N) is 2. The number of benzene rings is 2. The van der Waals surface area contributed by atoms with E-state index in [0.29, 0.717) is 27.8 Å². The number of aromatic nitrogens is 2. The Balaban J connectivity index is 1.73. The van der Waals surface area contributed by atoms with Gasteiger partial charge in [0.2, 0.25) is 0 Å². The number of aromatic amines is 1. The number of carbonyl (C=O) groups is 1. The minimum absolute atomic E-state index is 0.267. The minimum atomic E-state index is -0.416. The molecule has 2 N–H and O–H groups in total. The van der Waals surface area contributed by atoms with E-state index in [9.17, 15) is 4.79 Å². The zero-order valence-corrected chi connectivity index (χ0v) is 15.4. The average molecular weight is 385 g/mol. The summed E-state index contributed by atoms with van der Waals surface area (Å²) < 4.78 is 10.6. The molecule has 0 spiro atoms. The summed E-state index contributed by atoms with van der Waals surface area (Å²) in [5.74, 6) is 0.864. The van der Waals surface area contributed by atoms with E-state index < -0.39 is 5.91 Å². The van der Waals surface area contributed by atoms with Crippen LogP contribution in [-0.2, 0) is 0 Å². The first-order valence-corrected chi connectivity index (χ1v) is 8.35. The number of hydrazone groups is 1. The third-order valence-corrected chi connectivity index (χ3v) is 4.01. The number of amides is 1. The summed E-state index contributed by atoms with van der Waals surface area (Å²) in [6, 6.07) is 14.0. The van der Waals surface area contributed by atoms with Crippen molar-refractivity contribution in [1.29, 1.82) is 0 Å². The zero-order chi connectivity index (χ0) is 19.2. The number of hydrogen-bond donors (Lipinski definition) is 2. The summed E-state index contributed by atoms with van der Waals surface area (Å²) in [4.78, 5) is 12.2. The van der Waals surface area contributed by atoms with Crippen molar-refractivity contribution < 1.29 is 14.3 Å². The Morgan fingerprint density at radius 3 is 2.63 bits per heavy atom. The van der Waals surface area contributed by atoms with Crippen LogP contribution in [0.1, 0.15) is 16.1 Å². The van der Waals surface area contributed by atoms with Crippen molar-refractivity contribution >= 4 is 23.7 Å². The average Bonchev–Trinajstić information content (AvgIpc) is 3.19. The van der Waals surface area contributed by atoms with E-state index >= 15 is 0 Å². The number of H-pyrrole nitrogens is 1. The second-order valence-corrected chi connectivity index (χ2v) is 5.92. The highest BCUT2D eigenvalue weighted by Gasteiger charge is 2.14. The molecule has 0 aliphatic heterocycles. The Morgan fingerprint density at radius 1 is 1.15 bits per heavy atom. The number of hydrogen-bond acceptors (Lipinski definition) is 5. The van der Waals surface area contributed by atoms with Gasteiger partial charge in [0, 0.05) is 10.6 Å². The molecule has 138 valence electrons. The molecule has 0 saturated carbocycles. The maximum absolute atomic E-state index is 12.2. The van der Waals surface area contributed by atoms with Gasteiger partial charge in [-0.1, -0.05) is 23.7 Å². The second kappa shape index (κ2) is 8.37. The fourth-order valence-corrected chi connectivity index (χ4v) is 2.49. The Hall–Kier alpha value is -3.32. The van der Waals surface area contributed by atoms with Crippen LogP contribution in [0.4, 0.5) is 0 Å². The molecule has 1 amide bonds. The number of nitrogens with one attached hydrogen (secondary N) is 2. The lowest BCUT2D eigenvalue weighted by Gasteiger charge is -2.08. The van der Waals surface area contributed by atoms with Gasteiger partial charge in [0.15, 0.2) is 0 Å². The topological polar surface area (TPSA) is 88.6 Å². The van der Waals surface area contributed by atoms with E-state index in [1.54, 1.807) is 62.8 Å². The van der Waals surface area contributed by atoms with Gasteiger partial charge in [0.05, 0.1) is 26.1 Å². The van der Waals surface area contributed by atoms with E-state index in [2.05, 4.69) is 20.7 Å². The maximum Gasteiger partial charge on any atom is 0.289 e. The molecule has 8 heteroatoms. The summed E-state index contributed by atoms with van der Waals surface area (Å²) >= 11 is 5.83. The van der Waals surface area contributed by atoms with E-state index in [1.165, 1.54) is 6.21 Å². The van der Waals surface area contributed by atoms with Gasteiger partial charge in [-0.3, -0.25) is 9.89 Å². The second-order valence-electron chi connectivity index (χ2n) is 5.48. The number of halogens is 1. The third kappa shape index (κ3) is 4.45. The Kier molecular flexibility index (Phi) is 5.73. The van der Waals surface area contributed by atoms with Gasteiger partial charge in [0.25, 0.3) is 5.91 Å². The molecule has 0 bridgehead atoms. The molecule has 0 aliphatic carbocycles. The summed E-state index contributed by atoms with van der Waals surface area (Å²) in [5.41, 5.74) is 4.79. The number of methoxy groups -OCH3 is 2. The van der Waals surface area contributed by atoms with E-state index in [4.69, 9.17) is 21.1 Å². The Morgan fingerprint density at radius 2 is 1.93 bits per heavy atom. The highest BCUT2D eigenvalue weighted by atomic mass is 35.5. The fraction of sp³-hybridized carbons (Fsp3) is 0.105. The smallest absolute Gasteiger partial charge is 0.289 e. The highest BCUT2D eigenvalue weighted by Crippen LogP contribution is 2.32. The summed E-state index contributed by atoms with van der Waals surface area (Å²) in [5, 5.41) is 11.4. The van der Waals surface area contributed by atoms with Crippen molar-refractivity contribution in [2.24, 2.45) is 5.10 Å². The largest absolute Gasteiger partial charge is 0.497 e. The van der Waals surface area contributed by atoms with Crippen molar-refractivity contribution in [1.82, 2.24) is 15.6 Å². The maximum atomic E-state index is 12.2. The lowest BCUT2D eigenvalue weighted by molar-refractivity contribution is 0.0950. The van der Waals surface area contributed by atoms with Crippen LogP contribution in [0.15, 0.2) is 53.6 Å². The predicted octanol–water partition coefficient (Wildman–Crippen LogP) is 3.51. The molecule has 0 radical (unpaired) electrons. The number of carbonyl (C=O) groups excluding carboxylic acids is 1. The van der Waals surface area contributed by atoms with Gasteiger partial charge in [-0.2, -0.15) is 10.2 Å². The summed E-state index contributed by atoms with van der Waals surface area (Å²) in [7, 11) is 3.14. The Bertz CT molecular complexity index is 967. The van der Waals surface area contributed by atoms with Gasteiger partial charge in [-0.15, -0.1) is 0 Å². The monoisotopic (exact) mass is 384 g/mol. The number of rotatable bonds is 6. The fourth-order valence-electron chi connectivity index (χ4n) is 2.36. The third-order valence-electron chi connectivity index (χ3n) is 3.75. The summed E-state index contributed by atoms with van der Waals surface area (Å²) in [6.07, 6.45) is 1.52. The molecule has 1 heterocycles. The van der Waals surface area contributed by atoms with Crippen molar-refractivity contribution in [3.05, 3.63) is 64.8 Å². The van der Waals surface area contributed by atoms with Crippen molar-refractivity contribution in [3.8, 4) is 22.8 Å². The zero-order valence-electron chi connectivity index (χ0n) is 14.7. The van der Waals surface area contributed by atoms with Crippen LogP contribution >= 0.6 is 11.6 Å². The van der Waals surface area contributed by atoms with Crippen LogP contribution in [0.2, 0.25) is 5.02 Å². The summed E-state index contributed by atoms with van der Waals surface area (Å²) in [6.45, 7) is 0. The molecule has 7 nitrogen and oxygen atoms in total. The molecule has 0 unspecified atom stereocenters. The lowest BCUT2D eigenvalue weighted by atomic mass is 10.1. The van der Waals surface area contributed by atoms with Gasteiger partial charge in [0.1, 0.15) is 17.2 Å². The molecule has 0 fully saturated rings. The molecule has 0 aliphatic rings. The van der Waals surface area contributed by atoms with Crippen LogP contribution in [0, 0.1) is 0 Å². The van der Waals surface area contributed by atoms with Gasteiger partial charge in [-0.05, 0) is 42.0 Å². The molecule has 2 aromatic carbocycles. The Labute approximate surface area is 161 Å². The first kappa shape index (κ1) is 18.5. The molecular weight excluding hydrogens is 368 g/mol. The predicted molar refractivity (Wildman–Crippen MR) is 104 cm³/mol. The molecule has 3 rings (SSSR count). The molecule has 0 atom stereocenters. The van der Waals surface area contributed by atoms with E-state index in [0.717, 1.165) is 5.56 Å². The van der Waals surface area contributed by atoms with Gasteiger partial charge in [-0.25, -0.2) is 5.43 Å². The van der Waals surface area contributed by atoms with Crippen LogP contribution in [0.5, 0.6) is 11.5 Å². The van der Waals surface area contributed by atoms with Crippen molar-refractivity contribution in [3.63, 3.8) is 0 Å². The van der Waals surface area contributed by atoms with Crippen molar-refractivity contribution in [2.75, 3.05) is 14.2 Å². The molecule has 0 saturated heterocycles. The first-order valence-electron chi connectivity index (χ1n) is 7.97.